The molecule has 0 saturated heterocycles. The fourth-order valence-electron chi connectivity index (χ4n) is 6.54. The molecule has 0 bridgehead atoms. The largest absolute Gasteiger partial charge is 0.475 e. The summed E-state index contributed by atoms with van der Waals surface area (Å²) in [6.07, 6.45) is -1.39. The summed E-state index contributed by atoms with van der Waals surface area (Å²) < 4.78 is 80.5. The molecule has 232 valence electrons. The zero-order valence-corrected chi connectivity index (χ0v) is 25.6. The van der Waals surface area contributed by atoms with Crippen molar-refractivity contribution in [1.82, 2.24) is 0 Å². The van der Waals surface area contributed by atoms with E-state index in [9.17, 15) is 9.36 Å². The number of esters is 1. The van der Waals surface area contributed by atoms with Crippen molar-refractivity contribution in [1.29, 1.82) is 0 Å². The van der Waals surface area contributed by atoms with Crippen LogP contribution in [0.25, 0.3) is 0 Å². The Morgan fingerprint density at radius 2 is 1.67 bits per heavy atom. The van der Waals surface area contributed by atoms with Gasteiger partial charge in [-0.2, -0.15) is 13.2 Å². The van der Waals surface area contributed by atoms with E-state index < -0.39 is 43.3 Å². The molecule has 4 rings (SSSR count). The number of unbranched alkanes of at least 4 members (excludes halogenated alkanes) is 2. The van der Waals surface area contributed by atoms with Crippen LogP contribution in [0.1, 0.15) is 92.3 Å². The van der Waals surface area contributed by atoms with Crippen LogP contribution in [0.4, 0.5) is 13.2 Å². The Labute approximate surface area is 246 Å². The van der Waals surface area contributed by atoms with Crippen LogP contribution in [0.15, 0.2) is 48.5 Å². The molecule has 2 aromatic rings. The number of fused-ring (bicyclic) bond motifs is 3. The molecule has 2 aromatic carbocycles. The van der Waals surface area contributed by atoms with E-state index in [1.807, 2.05) is 56.3 Å². The minimum atomic E-state index is -4.79. The Bertz CT molecular complexity index is 1240. The van der Waals surface area contributed by atoms with E-state index in [0.29, 0.717) is 37.7 Å². The van der Waals surface area contributed by atoms with Crippen LogP contribution in [-0.2, 0) is 41.1 Å². The quantitative estimate of drug-likeness (QED) is 0.128. The van der Waals surface area contributed by atoms with Crippen molar-refractivity contribution in [3.63, 3.8) is 0 Å². The first-order chi connectivity index (χ1) is 20.0. The van der Waals surface area contributed by atoms with Gasteiger partial charge in [-0.1, -0.05) is 63.1 Å². The lowest BCUT2D eigenvalue weighted by atomic mass is 9.52. The third-order valence-electron chi connectivity index (χ3n) is 8.82. The molecule has 0 amide bonds. The van der Waals surface area contributed by atoms with Gasteiger partial charge in [0.15, 0.2) is 5.60 Å². The number of aryl methyl sites for hydroxylation is 1. The second-order valence-electron chi connectivity index (χ2n) is 11.5. The normalized spacial score (nSPS) is 24.1. The van der Waals surface area contributed by atoms with Crippen molar-refractivity contribution in [3.8, 4) is 0 Å². The van der Waals surface area contributed by atoms with Crippen molar-refractivity contribution in [2.24, 2.45) is 5.92 Å². The van der Waals surface area contributed by atoms with Crippen LogP contribution in [0.3, 0.4) is 0 Å². The van der Waals surface area contributed by atoms with Crippen LogP contribution < -0.4 is 0 Å². The maximum Gasteiger partial charge on any atom is 0.475 e. The summed E-state index contributed by atoms with van der Waals surface area (Å²) in [5.41, 5.74) is 0.0363. The average Bonchev–Trinajstić information content (AvgIpc) is 2.97. The van der Waals surface area contributed by atoms with E-state index in [2.05, 4.69) is 0 Å². The van der Waals surface area contributed by atoms with Gasteiger partial charge in [-0.05, 0) is 86.1 Å². The molecule has 0 aromatic heterocycles. The van der Waals surface area contributed by atoms with Gasteiger partial charge in [-0.25, -0.2) is 9.36 Å². The van der Waals surface area contributed by atoms with Gasteiger partial charge in [0.2, 0.25) is 0 Å². The molecule has 0 unspecified atom stereocenters. The molecular formula is C32H42F3O6P. The Morgan fingerprint density at radius 1 is 1.00 bits per heavy atom. The first-order valence-electron chi connectivity index (χ1n) is 14.9. The van der Waals surface area contributed by atoms with Gasteiger partial charge in [0.25, 0.3) is 0 Å². The lowest BCUT2D eigenvalue weighted by molar-refractivity contribution is -0.274. The van der Waals surface area contributed by atoms with Crippen molar-refractivity contribution in [2.75, 3.05) is 20.3 Å². The number of rotatable bonds is 13. The number of alkyl halides is 3. The zero-order valence-electron chi connectivity index (χ0n) is 24.7. The van der Waals surface area contributed by atoms with Crippen molar-refractivity contribution >= 4 is 13.8 Å². The van der Waals surface area contributed by atoms with Crippen molar-refractivity contribution < 1.29 is 40.8 Å². The van der Waals surface area contributed by atoms with Gasteiger partial charge in [-0.15, -0.1) is 0 Å². The Morgan fingerprint density at radius 3 is 2.26 bits per heavy atom. The number of ether oxygens (including phenoxy) is 1. The molecule has 6 nitrogen and oxygen atoms in total. The van der Waals surface area contributed by atoms with Crippen LogP contribution in [0.2, 0.25) is 0 Å². The van der Waals surface area contributed by atoms with E-state index in [-0.39, 0.29) is 26.1 Å². The lowest BCUT2D eigenvalue weighted by Crippen LogP contribution is -2.57. The summed E-state index contributed by atoms with van der Waals surface area (Å²) in [7, 11) is -3.18. The van der Waals surface area contributed by atoms with Crippen molar-refractivity contribution in [2.45, 2.75) is 95.2 Å². The lowest BCUT2D eigenvalue weighted by Gasteiger charge is -2.54. The van der Waals surface area contributed by atoms with Gasteiger partial charge in [0, 0.05) is 5.41 Å². The molecule has 2 aliphatic carbocycles. The number of hydrogen-bond acceptors (Lipinski definition) is 6. The Hall–Kier alpha value is -2.19. The predicted octanol–water partition coefficient (Wildman–Crippen LogP) is 8.76. The topological polar surface area (TPSA) is 71.1 Å². The highest BCUT2D eigenvalue weighted by molar-refractivity contribution is 7.48. The summed E-state index contributed by atoms with van der Waals surface area (Å²) in [6, 6.07) is 15.1. The number of phosphoric ester groups is 1. The highest BCUT2D eigenvalue weighted by Crippen LogP contribution is 2.64. The standard InChI is InChI=1S/C32H42F3O6P/c1-4-6-19-39-42(37,40-20-7-5-2)41-31(32(33,34)35)18-17-30(22-24-11-9-8-10-12-24)27(23-31)15-13-25-21-26(29(36)38-3)14-16-28(25)30/h8-12,14,16,21,27H,4-7,13,15,17-20,22-23H2,1-3H3/t27-,30+,31-/m1/s1. The molecule has 1 fully saturated rings. The molecule has 0 aliphatic heterocycles. The second-order valence-corrected chi connectivity index (χ2v) is 13.1. The summed E-state index contributed by atoms with van der Waals surface area (Å²) in [5, 5.41) is 0. The molecular weight excluding hydrogens is 568 g/mol. The van der Waals surface area contributed by atoms with Gasteiger partial charge in [-0.3, -0.25) is 13.6 Å². The fraction of sp³-hybridized carbons (Fsp3) is 0.594. The van der Waals surface area contributed by atoms with Gasteiger partial charge >= 0.3 is 20.0 Å². The second kappa shape index (κ2) is 13.6. The van der Waals surface area contributed by atoms with E-state index >= 15 is 13.2 Å². The highest BCUT2D eigenvalue weighted by atomic mass is 31.2. The van der Waals surface area contributed by atoms with Crippen LogP contribution in [-0.4, -0.2) is 38.1 Å². The molecule has 42 heavy (non-hydrogen) atoms. The molecule has 0 heterocycles. The summed E-state index contributed by atoms with van der Waals surface area (Å²) in [4.78, 5) is 12.3. The molecule has 1 saturated carbocycles. The predicted molar refractivity (Wildman–Crippen MR) is 154 cm³/mol. The smallest absolute Gasteiger partial charge is 0.465 e. The molecule has 3 atom stereocenters. The fourth-order valence-corrected chi connectivity index (χ4v) is 8.13. The van der Waals surface area contributed by atoms with E-state index in [4.69, 9.17) is 18.3 Å². The number of methoxy groups -OCH3 is 1. The number of carbonyl (C=O) groups is 1. The Balaban J connectivity index is 1.74. The molecule has 0 radical (unpaired) electrons. The molecule has 0 N–H and O–H groups in total. The van der Waals surface area contributed by atoms with Crippen LogP contribution in [0.5, 0.6) is 0 Å². The maximum atomic E-state index is 15.1. The number of carbonyl (C=O) groups excluding carboxylic acids is 1. The molecule has 10 heteroatoms. The van der Waals surface area contributed by atoms with Gasteiger partial charge < -0.3 is 4.74 Å². The van der Waals surface area contributed by atoms with Gasteiger partial charge in [0.05, 0.1) is 25.9 Å². The monoisotopic (exact) mass is 610 g/mol. The number of phosphoric acid groups is 1. The SMILES string of the molecule is CCCCOP(=O)(OCCCC)O[C@]1(C(F)(F)F)CC[C@@]2(Cc3ccccc3)c3ccc(C(=O)OC)cc3CC[C@@H]2C1. The third kappa shape index (κ3) is 6.96. The van der Waals surface area contributed by atoms with E-state index in [1.54, 1.807) is 6.07 Å². The van der Waals surface area contributed by atoms with E-state index in [0.717, 1.165) is 29.5 Å². The Kier molecular flexibility index (Phi) is 10.6. The summed E-state index contributed by atoms with van der Waals surface area (Å²) in [5.74, 6) is -0.878. The number of halogens is 3. The zero-order chi connectivity index (χ0) is 30.4. The molecule has 0 spiro atoms. The van der Waals surface area contributed by atoms with Crippen LogP contribution in [0, 0.1) is 5.92 Å². The summed E-state index contributed by atoms with van der Waals surface area (Å²) in [6.45, 7) is 3.80. The highest BCUT2D eigenvalue weighted by Gasteiger charge is 2.65. The minimum Gasteiger partial charge on any atom is -0.465 e. The van der Waals surface area contributed by atoms with E-state index in [1.165, 1.54) is 7.11 Å². The average molecular weight is 611 g/mol. The number of benzene rings is 2. The number of hydrogen-bond donors (Lipinski definition) is 0. The molecule has 2 aliphatic rings. The first kappa shape index (κ1) is 32.7. The minimum absolute atomic E-state index is 0.00881. The first-order valence-corrected chi connectivity index (χ1v) is 16.4. The van der Waals surface area contributed by atoms with Crippen LogP contribution >= 0.6 is 7.82 Å². The van der Waals surface area contributed by atoms with Crippen molar-refractivity contribution in [3.05, 3.63) is 70.8 Å². The third-order valence-corrected chi connectivity index (χ3v) is 10.4. The maximum absolute atomic E-state index is 15.1. The summed E-state index contributed by atoms with van der Waals surface area (Å²) >= 11 is 0. The van der Waals surface area contributed by atoms with Gasteiger partial charge in [0.1, 0.15) is 0 Å².